The van der Waals surface area contributed by atoms with Gasteiger partial charge in [0.2, 0.25) is 5.89 Å². The maximum absolute atomic E-state index is 14.0. The number of carbonyl (C=O) groups excluding carboxylic acids is 1. The number of aromatic nitrogens is 4. The number of aryl methyl sites for hydroxylation is 2. The minimum absolute atomic E-state index is 0.0202. The molecule has 2 heterocycles. The number of amides is 1. The molecule has 234 valence electrons. The minimum Gasteiger partial charge on any atom is -0.487 e. The molecule has 9 nitrogen and oxygen atoms in total. The molecule has 1 N–H and O–H groups in total. The van der Waals surface area contributed by atoms with Gasteiger partial charge >= 0.3 is 12.3 Å². The van der Waals surface area contributed by atoms with Crippen molar-refractivity contribution >= 4 is 18.2 Å². The van der Waals surface area contributed by atoms with Gasteiger partial charge in [0.15, 0.2) is 0 Å². The predicted octanol–water partition coefficient (Wildman–Crippen LogP) is 6.87. The summed E-state index contributed by atoms with van der Waals surface area (Å²) in [6, 6.07) is 10.1. The number of rotatable bonds is 14. The zero-order valence-corrected chi connectivity index (χ0v) is 24.3. The van der Waals surface area contributed by atoms with E-state index in [0.717, 1.165) is 49.2 Å². The molecule has 2 aromatic heterocycles. The number of carbonyl (C=O) groups is 1. The summed E-state index contributed by atoms with van der Waals surface area (Å²) in [5, 5.41) is 10.9. The molecule has 4 aromatic rings. The molecule has 44 heavy (non-hydrogen) atoms. The lowest BCUT2D eigenvalue weighted by atomic mass is 10.1. The first-order valence-electron chi connectivity index (χ1n) is 14.1. The first-order valence-corrected chi connectivity index (χ1v) is 14.1. The molecule has 0 unspecified atom stereocenters. The van der Waals surface area contributed by atoms with Gasteiger partial charge in [-0.25, -0.2) is 14.2 Å². The number of hydrogen-bond donors (Lipinski definition) is 1. The van der Waals surface area contributed by atoms with Crippen molar-refractivity contribution in [3.8, 4) is 5.75 Å². The Morgan fingerprint density at radius 2 is 1.86 bits per heavy atom. The van der Waals surface area contributed by atoms with Crippen LogP contribution in [0.5, 0.6) is 5.75 Å². The number of alkyl carbamates (subject to hydrolysis) is 1. The van der Waals surface area contributed by atoms with E-state index >= 15 is 0 Å². The Kier molecular flexibility index (Phi) is 11.1. The first-order chi connectivity index (χ1) is 21.0. The lowest BCUT2D eigenvalue weighted by Gasteiger charge is -2.08. The van der Waals surface area contributed by atoms with E-state index in [1.54, 1.807) is 4.68 Å². The summed E-state index contributed by atoms with van der Waals surface area (Å²) in [4.78, 5) is 15.8. The quantitative estimate of drug-likeness (QED) is 0.122. The van der Waals surface area contributed by atoms with E-state index < -0.39 is 23.7 Å². The number of hydrogen-bond acceptors (Lipinski definition) is 7. The van der Waals surface area contributed by atoms with E-state index in [9.17, 15) is 22.4 Å². The van der Waals surface area contributed by atoms with Crippen LogP contribution in [-0.2, 0) is 36.9 Å². The largest absolute Gasteiger partial charge is 0.487 e. The number of benzene rings is 2. The summed E-state index contributed by atoms with van der Waals surface area (Å²) < 4.78 is 70.2. The van der Waals surface area contributed by atoms with E-state index in [1.807, 2.05) is 44.3 Å². The number of alkyl halides is 3. The van der Waals surface area contributed by atoms with Crippen LogP contribution >= 0.6 is 0 Å². The van der Waals surface area contributed by atoms with Crippen molar-refractivity contribution in [3.63, 3.8) is 0 Å². The number of nitrogens with one attached hydrogen (secondary N) is 1. The number of halogens is 4. The fourth-order valence-electron chi connectivity index (χ4n) is 4.07. The fraction of sp³-hybridized carbons (Fsp3) is 0.355. The average molecular weight is 616 g/mol. The lowest BCUT2D eigenvalue weighted by molar-refractivity contribution is -0.137. The molecule has 1 amide bonds. The smallest absolute Gasteiger partial charge is 0.416 e. The zero-order chi connectivity index (χ0) is 31.5. The van der Waals surface area contributed by atoms with Gasteiger partial charge < -0.3 is 19.2 Å². The van der Waals surface area contributed by atoms with Crippen LogP contribution in [0.2, 0.25) is 0 Å². The van der Waals surface area contributed by atoms with E-state index in [1.165, 1.54) is 18.4 Å². The van der Waals surface area contributed by atoms with Gasteiger partial charge in [0.05, 0.1) is 17.9 Å². The van der Waals surface area contributed by atoms with Crippen LogP contribution in [0, 0.1) is 5.82 Å². The Hall–Kier alpha value is -4.68. The highest BCUT2D eigenvalue weighted by atomic mass is 19.4. The van der Waals surface area contributed by atoms with Gasteiger partial charge in [0.25, 0.3) is 0 Å². The topological polar surface area (TPSA) is 104 Å². The Bertz CT molecular complexity index is 1530. The van der Waals surface area contributed by atoms with Gasteiger partial charge in [0.1, 0.15) is 30.1 Å². The number of nitrogens with zero attached hydrogens (tertiary/aromatic N) is 4. The summed E-state index contributed by atoms with van der Waals surface area (Å²) >= 11 is 0. The van der Waals surface area contributed by atoms with E-state index in [4.69, 9.17) is 13.9 Å². The molecule has 0 saturated carbocycles. The maximum Gasteiger partial charge on any atom is 0.416 e. The molecule has 13 heteroatoms. The van der Waals surface area contributed by atoms with Crippen LogP contribution in [-0.4, -0.2) is 38.7 Å². The summed E-state index contributed by atoms with van der Waals surface area (Å²) in [6.45, 7) is 4.84. The summed E-state index contributed by atoms with van der Waals surface area (Å²) in [5.74, 6) is -0.173. The van der Waals surface area contributed by atoms with E-state index in [2.05, 4.69) is 20.6 Å². The van der Waals surface area contributed by atoms with Crippen molar-refractivity contribution in [2.75, 3.05) is 6.61 Å². The molecule has 0 aliphatic heterocycles. The lowest BCUT2D eigenvalue weighted by Crippen LogP contribution is -2.31. The van der Waals surface area contributed by atoms with Crippen molar-refractivity contribution in [2.24, 2.45) is 0 Å². The number of oxazole rings is 1. The molecule has 0 radical (unpaired) electrons. The summed E-state index contributed by atoms with van der Waals surface area (Å²) in [6.07, 6.45) is 4.14. The molecule has 2 aromatic carbocycles. The normalized spacial score (nSPS) is 11.8. The average Bonchev–Trinajstić information content (AvgIpc) is 3.62. The van der Waals surface area contributed by atoms with Gasteiger partial charge in [0, 0.05) is 36.8 Å². The molecule has 4 rings (SSSR count). The third-order valence-corrected chi connectivity index (χ3v) is 6.30. The first kappa shape index (κ1) is 32.2. The Labute approximate surface area is 251 Å². The van der Waals surface area contributed by atoms with Crippen LogP contribution in [0.15, 0.2) is 59.3 Å². The minimum atomic E-state index is -4.61. The second-order valence-electron chi connectivity index (χ2n) is 10.3. The number of unbranched alkanes of at least 4 members (excludes halogenated alkanes) is 1. The summed E-state index contributed by atoms with van der Waals surface area (Å²) in [7, 11) is 0. The molecule has 0 aliphatic rings. The standard InChI is InChI=1S/C31H33F4N5O4/c1-21(2)36-30(41)42-16-14-25-18-40(39-38-25)15-4-3-5-22-6-11-27(12-7-22)43-19-26-20-44-29(37-26)13-9-23-8-10-24(17-28(23)32)31(33,34)35/h6-13,17-18,20-21H,3-5,14-16,19H2,1-2H3,(H,36,41). The monoisotopic (exact) mass is 615 g/mol. The maximum atomic E-state index is 14.0. The molecule has 0 spiro atoms. The van der Waals surface area contributed by atoms with Crippen LogP contribution < -0.4 is 10.1 Å². The third-order valence-electron chi connectivity index (χ3n) is 6.30. The van der Waals surface area contributed by atoms with Crippen molar-refractivity contribution in [1.82, 2.24) is 25.3 Å². The highest BCUT2D eigenvalue weighted by Gasteiger charge is 2.31. The van der Waals surface area contributed by atoms with Gasteiger partial charge in [-0.2, -0.15) is 13.2 Å². The molecular weight excluding hydrogens is 582 g/mol. The molecule has 0 saturated heterocycles. The Morgan fingerprint density at radius 1 is 1.07 bits per heavy atom. The van der Waals surface area contributed by atoms with E-state index in [-0.39, 0.29) is 30.7 Å². The fourth-order valence-corrected chi connectivity index (χ4v) is 4.07. The van der Waals surface area contributed by atoms with Crippen molar-refractivity contribution in [1.29, 1.82) is 0 Å². The van der Waals surface area contributed by atoms with E-state index in [0.29, 0.717) is 23.9 Å². The molecule has 0 atom stereocenters. The molecule has 0 bridgehead atoms. The van der Waals surface area contributed by atoms with Crippen LogP contribution in [0.25, 0.3) is 12.2 Å². The second-order valence-corrected chi connectivity index (χ2v) is 10.3. The highest BCUT2D eigenvalue weighted by molar-refractivity contribution is 5.67. The van der Waals surface area contributed by atoms with Crippen LogP contribution in [0.4, 0.5) is 22.4 Å². The Morgan fingerprint density at radius 3 is 2.59 bits per heavy atom. The predicted molar refractivity (Wildman–Crippen MR) is 154 cm³/mol. The van der Waals surface area contributed by atoms with Crippen LogP contribution in [0.3, 0.4) is 0 Å². The molecule has 0 fully saturated rings. The summed E-state index contributed by atoms with van der Waals surface area (Å²) in [5.41, 5.74) is 1.36. The van der Waals surface area contributed by atoms with Crippen molar-refractivity contribution < 1.29 is 36.2 Å². The van der Waals surface area contributed by atoms with Crippen LogP contribution in [0.1, 0.15) is 60.7 Å². The number of ether oxygens (including phenoxy) is 2. The second kappa shape index (κ2) is 15.2. The third kappa shape index (κ3) is 10.2. The zero-order valence-electron chi connectivity index (χ0n) is 24.3. The van der Waals surface area contributed by atoms with Gasteiger partial charge in [-0.05, 0) is 69.0 Å². The van der Waals surface area contributed by atoms with Crippen molar-refractivity contribution in [2.45, 2.75) is 64.9 Å². The van der Waals surface area contributed by atoms with Gasteiger partial charge in [-0.3, -0.25) is 4.68 Å². The highest BCUT2D eigenvalue weighted by Crippen LogP contribution is 2.30. The molecular formula is C31H33F4N5O4. The Balaban J connectivity index is 1.14. The SMILES string of the molecule is CC(C)NC(=O)OCCc1cn(CCCCc2ccc(OCc3coc(C=Cc4ccc(C(F)(F)F)cc4F)n3)cc2)nn1. The van der Waals surface area contributed by atoms with Crippen molar-refractivity contribution in [3.05, 3.63) is 94.7 Å². The van der Waals surface area contributed by atoms with Gasteiger partial charge in [-0.15, -0.1) is 5.10 Å². The molecule has 0 aliphatic carbocycles. The van der Waals surface area contributed by atoms with Gasteiger partial charge in [-0.1, -0.05) is 23.4 Å².